The Kier molecular flexibility index (Phi) is 7.06. The molecule has 0 unspecified atom stereocenters. The topological polar surface area (TPSA) is 84.9 Å². The molecule has 0 aliphatic carbocycles. The molecule has 1 amide bonds. The van der Waals surface area contributed by atoms with Gasteiger partial charge in [-0.05, 0) is 29.8 Å². The van der Waals surface area contributed by atoms with Crippen LogP contribution in [-0.4, -0.2) is 37.3 Å². The number of rotatable bonds is 7. The van der Waals surface area contributed by atoms with Gasteiger partial charge in [-0.2, -0.15) is 0 Å². The molecule has 2 N–H and O–H groups in total. The van der Waals surface area contributed by atoms with E-state index in [9.17, 15) is 14.7 Å². The first-order valence-electron chi connectivity index (χ1n) is 7.89. The maximum absolute atomic E-state index is 11.9. The number of carbonyl (C=O) groups excluding carboxylic acids is 2. The third kappa shape index (κ3) is 5.00. The van der Waals surface area contributed by atoms with Crippen LogP contribution in [0.5, 0.6) is 5.75 Å². The highest BCUT2D eigenvalue weighted by molar-refractivity contribution is 7.99. The van der Waals surface area contributed by atoms with Gasteiger partial charge in [-0.25, -0.2) is 4.79 Å². The monoisotopic (exact) mass is 375 g/mol. The molecule has 138 valence electrons. The van der Waals surface area contributed by atoms with E-state index >= 15 is 0 Å². The SMILES string of the molecule is COC(=O)[C@H](O)[C@@H](Sc1ccccc1NC(C)=O)c1ccc(OC)cc1. The van der Waals surface area contributed by atoms with Crippen LogP contribution >= 0.6 is 11.8 Å². The van der Waals surface area contributed by atoms with Gasteiger partial charge in [0.1, 0.15) is 5.75 Å². The van der Waals surface area contributed by atoms with Crippen molar-refractivity contribution in [2.75, 3.05) is 19.5 Å². The Balaban J connectivity index is 2.38. The summed E-state index contributed by atoms with van der Waals surface area (Å²) in [5.74, 6) is -0.258. The summed E-state index contributed by atoms with van der Waals surface area (Å²) in [5.41, 5.74) is 1.34. The Labute approximate surface area is 156 Å². The first-order valence-corrected chi connectivity index (χ1v) is 8.77. The largest absolute Gasteiger partial charge is 0.497 e. The number of benzene rings is 2. The summed E-state index contributed by atoms with van der Waals surface area (Å²) in [6.45, 7) is 1.42. The van der Waals surface area contributed by atoms with E-state index in [-0.39, 0.29) is 5.91 Å². The highest BCUT2D eigenvalue weighted by atomic mass is 32.2. The number of methoxy groups -OCH3 is 2. The molecule has 6 nitrogen and oxygen atoms in total. The van der Waals surface area contributed by atoms with E-state index in [0.29, 0.717) is 11.4 Å². The molecule has 0 aliphatic rings. The molecule has 0 aromatic heterocycles. The lowest BCUT2D eigenvalue weighted by atomic mass is 10.1. The van der Waals surface area contributed by atoms with Crippen LogP contribution in [0.25, 0.3) is 0 Å². The quantitative estimate of drug-likeness (QED) is 0.572. The second kappa shape index (κ2) is 9.26. The molecule has 0 saturated heterocycles. The number of carbonyl (C=O) groups is 2. The summed E-state index contributed by atoms with van der Waals surface area (Å²) >= 11 is 1.27. The molecule has 2 aromatic rings. The van der Waals surface area contributed by atoms with Crippen LogP contribution in [0.4, 0.5) is 5.69 Å². The Morgan fingerprint density at radius 3 is 2.31 bits per heavy atom. The van der Waals surface area contributed by atoms with Gasteiger partial charge in [0.05, 0.1) is 25.2 Å². The number of ether oxygens (including phenoxy) is 2. The van der Waals surface area contributed by atoms with E-state index in [2.05, 4.69) is 5.32 Å². The third-order valence-corrected chi connectivity index (χ3v) is 5.02. The molecule has 0 aliphatic heterocycles. The van der Waals surface area contributed by atoms with Crippen molar-refractivity contribution < 1.29 is 24.2 Å². The Bertz CT molecular complexity index is 763. The summed E-state index contributed by atoms with van der Waals surface area (Å²) in [5, 5.41) is 12.6. The number of nitrogens with one attached hydrogen (secondary N) is 1. The predicted molar refractivity (Wildman–Crippen MR) is 100 cm³/mol. The normalized spacial score (nSPS) is 12.8. The van der Waals surface area contributed by atoms with Crippen molar-refractivity contribution in [3.63, 3.8) is 0 Å². The number of para-hydroxylation sites is 1. The van der Waals surface area contributed by atoms with Crippen LogP contribution in [0.3, 0.4) is 0 Å². The van der Waals surface area contributed by atoms with Gasteiger partial charge in [-0.3, -0.25) is 4.79 Å². The molecule has 0 bridgehead atoms. The number of esters is 1. The molecule has 26 heavy (non-hydrogen) atoms. The van der Waals surface area contributed by atoms with Crippen molar-refractivity contribution in [1.82, 2.24) is 0 Å². The molecular weight excluding hydrogens is 354 g/mol. The van der Waals surface area contributed by atoms with Crippen molar-refractivity contribution in [2.24, 2.45) is 0 Å². The molecule has 0 saturated carbocycles. The van der Waals surface area contributed by atoms with E-state index in [1.165, 1.54) is 25.8 Å². The number of hydrogen-bond donors (Lipinski definition) is 2. The molecule has 2 atom stereocenters. The second-order valence-corrected chi connectivity index (χ2v) is 6.64. The van der Waals surface area contributed by atoms with Crippen LogP contribution in [0, 0.1) is 0 Å². The minimum Gasteiger partial charge on any atom is -0.497 e. The predicted octanol–water partition coefficient (Wildman–Crippen LogP) is 3.02. The molecule has 0 fully saturated rings. The van der Waals surface area contributed by atoms with Crippen molar-refractivity contribution in [2.45, 2.75) is 23.2 Å². The standard InChI is InChI=1S/C19H21NO5S/c1-12(21)20-15-6-4-5-7-16(15)26-18(17(22)19(23)25-3)13-8-10-14(24-2)11-9-13/h4-11,17-18,22H,1-3H3,(H,20,21)/t17-,18+/m1/s1. The van der Waals surface area contributed by atoms with Crippen molar-refractivity contribution >= 4 is 29.3 Å². The van der Waals surface area contributed by atoms with Crippen LogP contribution in [0.15, 0.2) is 53.4 Å². The number of amides is 1. The summed E-state index contributed by atoms with van der Waals surface area (Å²) in [4.78, 5) is 24.1. The number of aliphatic hydroxyl groups excluding tert-OH is 1. The fraction of sp³-hybridized carbons (Fsp3) is 0.263. The molecule has 2 rings (SSSR count). The zero-order valence-electron chi connectivity index (χ0n) is 14.8. The highest BCUT2D eigenvalue weighted by Gasteiger charge is 2.30. The summed E-state index contributed by atoms with van der Waals surface area (Å²) < 4.78 is 9.85. The summed E-state index contributed by atoms with van der Waals surface area (Å²) in [6.07, 6.45) is -1.37. The molecular formula is C19H21NO5S. The smallest absolute Gasteiger partial charge is 0.336 e. The Morgan fingerprint density at radius 1 is 1.08 bits per heavy atom. The maximum atomic E-state index is 11.9. The van der Waals surface area contributed by atoms with Crippen LogP contribution in [-0.2, 0) is 14.3 Å². The molecule has 2 aromatic carbocycles. The number of anilines is 1. The molecule has 0 spiro atoms. The maximum Gasteiger partial charge on any atom is 0.336 e. The van der Waals surface area contributed by atoms with E-state index < -0.39 is 17.3 Å². The van der Waals surface area contributed by atoms with E-state index in [4.69, 9.17) is 9.47 Å². The van der Waals surface area contributed by atoms with Crippen molar-refractivity contribution in [3.8, 4) is 5.75 Å². The fourth-order valence-electron chi connectivity index (χ4n) is 2.35. The first-order chi connectivity index (χ1) is 12.5. The van der Waals surface area contributed by atoms with Crippen LogP contribution in [0.2, 0.25) is 0 Å². The van der Waals surface area contributed by atoms with Gasteiger partial charge in [0.2, 0.25) is 5.91 Å². The lowest BCUT2D eigenvalue weighted by Crippen LogP contribution is -2.27. The number of thioether (sulfide) groups is 1. The zero-order valence-corrected chi connectivity index (χ0v) is 15.6. The number of hydrogen-bond acceptors (Lipinski definition) is 6. The summed E-state index contributed by atoms with van der Waals surface area (Å²) in [7, 11) is 2.79. The van der Waals surface area contributed by atoms with Crippen molar-refractivity contribution in [3.05, 3.63) is 54.1 Å². The van der Waals surface area contributed by atoms with E-state index in [1.807, 2.05) is 12.1 Å². The average Bonchev–Trinajstić information content (AvgIpc) is 2.65. The van der Waals surface area contributed by atoms with Gasteiger partial charge < -0.3 is 19.9 Å². The second-order valence-electron chi connectivity index (χ2n) is 5.46. The average molecular weight is 375 g/mol. The fourth-order valence-corrected chi connectivity index (χ4v) is 3.56. The minimum atomic E-state index is -1.37. The Hall–Kier alpha value is -2.51. The molecule has 0 heterocycles. The minimum absolute atomic E-state index is 0.201. The lowest BCUT2D eigenvalue weighted by molar-refractivity contribution is -0.150. The Morgan fingerprint density at radius 2 is 1.73 bits per heavy atom. The molecule has 7 heteroatoms. The van der Waals surface area contributed by atoms with Gasteiger partial charge in [-0.15, -0.1) is 11.8 Å². The summed E-state index contributed by atoms with van der Waals surface area (Å²) in [6, 6.07) is 14.3. The molecule has 0 radical (unpaired) electrons. The van der Waals surface area contributed by atoms with Crippen LogP contribution in [0.1, 0.15) is 17.7 Å². The zero-order chi connectivity index (χ0) is 19.1. The van der Waals surface area contributed by atoms with Gasteiger partial charge in [0.25, 0.3) is 0 Å². The van der Waals surface area contributed by atoms with Gasteiger partial charge in [-0.1, -0.05) is 24.3 Å². The van der Waals surface area contributed by atoms with Gasteiger partial charge in [0, 0.05) is 11.8 Å². The third-order valence-electron chi connectivity index (χ3n) is 3.63. The van der Waals surface area contributed by atoms with Gasteiger partial charge >= 0.3 is 5.97 Å². The van der Waals surface area contributed by atoms with Gasteiger partial charge in [0.15, 0.2) is 6.10 Å². The number of aliphatic hydroxyl groups is 1. The van der Waals surface area contributed by atoms with Crippen molar-refractivity contribution in [1.29, 1.82) is 0 Å². The van der Waals surface area contributed by atoms with Crippen LogP contribution < -0.4 is 10.1 Å². The van der Waals surface area contributed by atoms with E-state index in [0.717, 1.165) is 10.5 Å². The first kappa shape index (κ1) is 19.8. The van der Waals surface area contributed by atoms with E-state index in [1.54, 1.807) is 43.5 Å². The lowest BCUT2D eigenvalue weighted by Gasteiger charge is -2.22. The highest BCUT2D eigenvalue weighted by Crippen LogP contribution is 2.41.